The molecule has 3 rings (SSSR count). The Morgan fingerprint density at radius 3 is 2.56 bits per heavy atom. The molecule has 0 radical (unpaired) electrons. The van der Waals surface area contributed by atoms with Gasteiger partial charge in [0.15, 0.2) is 0 Å². The summed E-state index contributed by atoms with van der Waals surface area (Å²) in [6.07, 6.45) is 4.60. The summed E-state index contributed by atoms with van der Waals surface area (Å²) in [6.45, 7) is 0.562. The first kappa shape index (κ1) is 17.2. The molecule has 0 spiro atoms. The Hall–Kier alpha value is -2.63. The van der Waals surface area contributed by atoms with Crippen LogP contribution in [0.2, 0.25) is 0 Å². The van der Waals surface area contributed by atoms with Crippen molar-refractivity contribution in [2.45, 2.75) is 32.2 Å². The van der Waals surface area contributed by atoms with Crippen LogP contribution in [0.1, 0.15) is 36.0 Å². The molecular formula is C19H23N3O3. The average Bonchev–Trinajstić information content (AvgIpc) is 3.16. The van der Waals surface area contributed by atoms with Gasteiger partial charge in [0.2, 0.25) is 0 Å². The normalized spacial score (nSPS) is 14.5. The lowest BCUT2D eigenvalue weighted by Gasteiger charge is -2.14. The molecule has 25 heavy (non-hydrogen) atoms. The van der Waals surface area contributed by atoms with E-state index >= 15 is 0 Å². The molecule has 0 saturated heterocycles. The highest BCUT2D eigenvalue weighted by molar-refractivity contribution is 5.94. The molecule has 1 aliphatic carbocycles. The third-order valence-electron chi connectivity index (χ3n) is 4.74. The summed E-state index contributed by atoms with van der Waals surface area (Å²) in [7, 11) is 3.13. The highest BCUT2D eigenvalue weighted by Crippen LogP contribution is 2.26. The predicted octanol–water partition coefficient (Wildman–Crippen LogP) is 2.47. The molecule has 0 bridgehead atoms. The Bertz CT molecular complexity index is 806. The molecule has 2 aromatic rings. The van der Waals surface area contributed by atoms with E-state index in [1.165, 1.54) is 24.6 Å². The molecule has 0 atom stereocenters. The Morgan fingerprint density at radius 2 is 1.96 bits per heavy atom. The maximum Gasteiger partial charge on any atom is 0.279 e. The summed E-state index contributed by atoms with van der Waals surface area (Å²) in [5, 5.41) is 7.06. The minimum absolute atomic E-state index is 0.126. The molecule has 132 valence electrons. The van der Waals surface area contributed by atoms with Crippen LogP contribution >= 0.6 is 0 Å². The van der Waals surface area contributed by atoms with Crippen LogP contribution in [-0.4, -0.2) is 29.8 Å². The van der Waals surface area contributed by atoms with Crippen LogP contribution in [0.4, 0.5) is 0 Å². The van der Waals surface area contributed by atoms with Gasteiger partial charge in [0, 0.05) is 19.2 Å². The molecule has 6 nitrogen and oxygen atoms in total. The SMILES string of the molecule is CNC(=O)c1cc(-c2ccc(OC)cc2)nn(CC2CCCC2)c1=O. The molecule has 6 heteroatoms. The number of amides is 1. The maximum absolute atomic E-state index is 12.7. The molecular weight excluding hydrogens is 318 g/mol. The Labute approximate surface area is 146 Å². The first-order valence-electron chi connectivity index (χ1n) is 8.61. The van der Waals surface area contributed by atoms with Crippen molar-refractivity contribution in [2.75, 3.05) is 14.2 Å². The average molecular weight is 341 g/mol. The number of methoxy groups -OCH3 is 1. The van der Waals surface area contributed by atoms with Gasteiger partial charge < -0.3 is 10.1 Å². The number of carbonyl (C=O) groups is 1. The van der Waals surface area contributed by atoms with Crippen LogP contribution < -0.4 is 15.6 Å². The predicted molar refractivity (Wildman–Crippen MR) is 95.8 cm³/mol. The standard InChI is InChI=1S/C19H23N3O3/c1-20-18(23)16-11-17(14-7-9-15(25-2)10-8-14)21-22(19(16)24)12-13-5-3-4-6-13/h7-11,13H,3-6,12H2,1-2H3,(H,20,23). The molecule has 1 heterocycles. The Balaban J connectivity index is 2.03. The number of aromatic nitrogens is 2. The van der Waals surface area contributed by atoms with Crippen molar-refractivity contribution in [1.29, 1.82) is 0 Å². The summed E-state index contributed by atoms with van der Waals surface area (Å²) in [4.78, 5) is 24.8. The largest absolute Gasteiger partial charge is 0.497 e. The van der Waals surface area contributed by atoms with Crippen molar-refractivity contribution in [3.8, 4) is 17.0 Å². The monoisotopic (exact) mass is 341 g/mol. The summed E-state index contributed by atoms with van der Waals surface area (Å²) < 4.78 is 6.63. The fraction of sp³-hybridized carbons (Fsp3) is 0.421. The summed E-state index contributed by atoms with van der Waals surface area (Å²) >= 11 is 0. The van der Waals surface area contributed by atoms with Gasteiger partial charge in [-0.25, -0.2) is 4.68 Å². The second kappa shape index (κ2) is 7.51. The van der Waals surface area contributed by atoms with Crippen LogP contribution in [0.3, 0.4) is 0 Å². The van der Waals surface area contributed by atoms with Crippen LogP contribution in [0, 0.1) is 5.92 Å². The summed E-state index contributed by atoms with van der Waals surface area (Å²) in [5.41, 5.74) is 1.25. The molecule has 1 amide bonds. The highest BCUT2D eigenvalue weighted by atomic mass is 16.5. The van der Waals surface area contributed by atoms with E-state index in [-0.39, 0.29) is 17.0 Å². The fourth-order valence-electron chi connectivity index (χ4n) is 3.30. The van der Waals surface area contributed by atoms with Crippen LogP contribution in [0.5, 0.6) is 5.75 Å². The lowest BCUT2D eigenvalue weighted by atomic mass is 10.1. The second-order valence-electron chi connectivity index (χ2n) is 6.39. The number of nitrogens with one attached hydrogen (secondary N) is 1. The second-order valence-corrected chi connectivity index (χ2v) is 6.39. The first-order chi connectivity index (χ1) is 12.1. The summed E-state index contributed by atoms with van der Waals surface area (Å²) in [6, 6.07) is 8.98. The molecule has 1 aliphatic rings. The van der Waals surface area contributed by atoms with Gasteiger partial charge in [0.05, 0.1) is 12.8 Å². The van der Waals surface area contributed by atoms with Gasteiger partial charge in [0.25, 0.3) is 11.5 Å². The van der Waals surface area contributed by atoms with E-state index in [1.54, 1.807) is 13.2 Å². The smallest absolute Gasteiger partial charge is 0.279 e. The fourth-order valence-corrected chi connectivity index (χ4v) is 3.30. The van der Waals surface area contributed by atoms with Crippen molar-refractivity contribution in [2.24, 2.45) is 5.92 Å². The lowest BCUT2D eigenvalue weighted by molar-refractivity contribution is 0.0960. The van der Waals surface area contributed by atoms with Crippen molar-refractivity contribution in [1.82, 2.24) is 15.1 Å². The van der Waals surface area contributed by atoms with Crippen LogP contribution in [-0.2, 0) is 6.54 Å². The van der Waals surface area contributed by atoms with Gasteiger partial charge in [0.1, 0.15) is 11.3 Å². The van der Waals surface area contributed by atoms with Gasteiger partial charge in [-0.05, 0) is 49.1 Å². The quantitative estimate of drug-likeness (QED) is 0.907. The van der Waals surface area contributed by atoms with E-state index in [2.05, 4.69) is 10.4 Å². The van der Waals surface area contributed by atoms with Crippen LogP contribution in [0.15, 0.2) is 35.1 Å². The Kier molecular flexibility index (Phi) is 5.16. The maximum atomic E-state index is 12.7. The van der Waals surface area contributed by atoms with Crippen molar-refractivity contribution in [3.05, 3.63) is 46.2 Å². The number of nitrogens with zero attached hydrogens (tertiary/aromatic N) is 2. The van der Waals surface area contributed by atoms with Crippen LogP contribution in [0.25, 0.3) is 11.3 Å². The molecule has 1 aromatic carbocycles. The van der Waals surface area contributed by atoms with Gasteiger partial charge in [-0.3, -0.25) is 9.59 Å². The van der Waals surface area contributed by atoms with Crippen molar-refractivity contribution in [3.63, 3.8) is 0 Å². The van der Waals surface area contributed by atoms with E-state index in [9.17, 15) is 9.59 Å². The number of ether oxygens (including phenoxy) is 1. The van der Waals surface area contributed by atoms with E-state index in [4.69, 9.17) is 4.74 Å². The van der Waals surface area contributed by atoms with Gasteiger partial charge >= 0.3 is 0 Å². The van der Waals surface area contributed by atoms with Crippen molar-refractivity contribution < 1.29 is 9.53 Å². The van der Waals surface area contributed by atoms with Crippen molar-refractivity contribution >= 4 is 5.91 Å². The number of benzene rings is 1. The Morgan fingerprint density at radius 1 is 1.28 bits per heavy atom. The third kappa shape index (κ3) is 3.73. The number of rotatable bonds is 5. The third-order valence-corrected chi connectivity index (χ3v) is 4.74. The van der Waals surface area contributed by atoms with Gasteiger partial charge in [-0.2, -0.15) is 5.10 Å². The topological polar surface area (TPSA) is 73.2 Å². The molecule has 1 N–H and O–H groups in total. The molecule has 1 fully saturated rings. The minimum Gasteiger partial charge on any atom is -0.497 e. The minimum atomic E-state index is -0.387. The molecule has 0 unspecified atom stereocenters. The lowest BCUT2D eigenvalue weighted by Crippen LogP contribution is -2.34. The molecule has 0 aliphatic heterocycles. The zero-order valence-corrected chi connectivity index (χ0v) is 14.6. The number of carbonyl (C=O) groups excluding carboxylic acids is 1. The zero-order chi connectivity index (χ0) is 17.8. The number of hydrogen-bond acceptors (Lipinski definition) is 4. The van der Waals surface area contributed by atoms with Gasteiger partial charge in [-0.1, -0.05) is 12.8 Å². The van der Waals surface area contributed by atoms with E-state index in [0.29, 0.717) is 18.2 Å². The highest BCUT2D eigenvalue weighted by Gasteiger charge is 2.20. The number of hydrogen-bond donors (Lipinski definition) is 1. The summed E-state index contributed by atoms with van der Waals surface area (Å²) in [5.74, 6) is 0.811. The first-order valence-corrected chi connectivity index (χ1v) is 8.61. The zero-order valence-electron chi connectivity index (χ0n) is 14.6. The van der Waals surface area contributed by atoms with E-state index in [1.807, 2.05) is 24.3 Å². The molecule has 1 aromatic heterocycles. The van der Waals surface area contributed by atoms with Gasteiger partial charge in [-0.15, -0.1) is 0 Å². The van der Waals surface area contributed by atoms with E-state index < -0.39 is 0 Å². The van der Waals surface area contributed by atoms with E-state index in [0.717, 1.165) is 24.2 Å². The molecule has 1 saturated carbocycles.